The number of aromatic amines is 1. The number of hydrogen-bond acceptors (Lipinski definition) is 3. The molecule has 0 bridgehead atoms. The summed E-state index contributed by atoms with van der Waals surface area (Å²) in [5.41, 5.74) is 1.39. The van der Waals surface area contributed by atoms with Gasteiger partial charge in [-0.25, -0.2) is 4.98 Å². The number of rotatable bonds is 5. The third-order valence-electron chi connectivity index (χ3n) is 3.58. The summed E-state index contributed by atoms with van der Waals surface area (Å²) >= 11 is 0. The lowest BCUT2D eigenvalue weighted by Gasteiger charge is -2.25. The van der Waals surface area contributed by atoms with Crippen molar-refractivity contribution < 1.29 is 9.90 Å². The Labute approximate surface area is 112 Å². The maximum atomic E-state index is 12.0. The van der Waals surface area contributed by atoms with Crippen molar-refractivity contribution in [3.8, 4) is 0 Å². The van der Waals surface area contributed by atoms with Crippen LogP contribution in [0.2, 0.25) is 0 Å². The summed E-state index contributed by atoms with van der Waals surface area (Å²) in [6, 6.07) is 5.29. The minimum atomic E-state index is -0.826. The van der Waals surface area contributed by atoms with Gasteiger partial charge >= 0.3 is 0 Å². The Bertz CT molecular complexity index is 573. The molecule has 1 amide bonds. The predicted molar refractivity (Wildman–Crippen MR) is 74.0 cm³/mol. The quantitative estimate of drug-likeness (QED) is 0.768. The molecule has 5 heteroatoms. The normalized spacial score (nSPS) is 11.7. The molecule has 3 N–H and O–H groups in total. The molecule has 0 unspecified atom stereocenters. The van der Waals surface area contributed by atoms with Gasteiger partial charge in [-0.05, 0) is 31.0 Å². The number of aromatic nitrogens is 2. The van der Waals surface area contributed by atoms with Gasteiger partial charge in [0.15, 0.2) is 0 Å². The van der Waals surface area contributed by atoms with Crippen LogP contribution in [0.3, 0.4) is 0 Å². The first-order chi connectivity index (χ1) is 9.08. The van der Waals surface area contributed by atoms with Gasteiger partial charge in [0.25, 0.3) is 5.91 Å². The van der Waals surface area contributed by atoms with Gasteiger partial charge < -0.3 is 15.4 Å². The molecule has 102 valence electrons. The number of amides is 1. The number of carbonyl (C=O) groups excluding carboxylic acids is 1. The number of benzene rings is 1. The van der Waals surface area contributed by atoms with Crippen LogP contribution in [-0.4, -0.2) is 33.1 Å². The highest BCUT2D eigenvalue weighted by Gasteiger charge is 2.23. The van der Waals surface area contributed by atoms with E-state index in [0.717, 1.165) is 11.0 Å². The van der Waals surface area contributed by atoms with Crippen LogP contribution >= 0.6 is 0 Å². The molecule has 0 saturated carbocycles. The molecule has 2 aromatic rings. The number of nitrogens with zero attached hydrogens (tertiary/aromatic N) is 1. The number of carbonyl (C=O) groups is 1. The highest BCUT2D eigenvalue weighted by Crippen LogP contribution is 2.14. The van der Waals surface area contributed by atoms with Crippen molar-refractivity contribution in [2.75, 3.05) is 6.54 Å². The van der Waals surface area contributed by atoms with Crippen molar-refractivity contribution >= 4 is 16.9 Å². The molecule has 0 aliphatic heterocycles. The van der Waals surface area contributed by atoms with Crippen LogP contribution in [0.4, 0.5) is 0 Å². The van der Waals surface area contributed by atoms with E-state index in [1.807, 2.05) is 13.8 Å². The zero-order chi connectivity index (χ0) is 13.9. The van der Waals surface area contributed by atoms with Crippen LogP contribution in [0.25, 0.3) is 11.0 Å². The Morgan fingerprint density at radius 3 is 2.84 bits per heavy atom. The SMILES string of the molecule is CCC(O)(CC)CNC(=O)c1ccc2nc[nH]c2c1. The van der Waals surface area contributed by atoms with E-state index in [9.17, 15) is 9.90 Å². The van der Waals surface area contributed by atoms with E-state index in [0.29, 0.717) is 18.4 Å². The lowest BCUT2D eigenvalue weighted by Crippen LogP contribution is -2.42. The van der Waals surface area contributed by atoms with E-state index in [1.54, 1.807) is 24.5 Å². The van der Waals surface area contributed by atoms with Crippen molar-refractivity contribution in [2.45, 2.75) is 32.3 Å². The summed E-state index contributed by atoms with van der Waals surface area (Å²) in [6.07, 6.45) is 2.83. The van der Waals surface area contributed by atoms with E-state index in [2.05, 4.69) is 15.3 Å². The average Bonchev–Trinajstić information content (AvgIpc) is 2.91. The Morgan fingerprint density at radius 1 is 1.42 bits per heavy atom. The van der Waals surface area contributed by atoms with Gasteiger partial charge in [0.1, 0.15) is 0 Å². The molecule has 0 atom stereocenters. The summed E-state index contributed by atoms with van der Waals surface area (Å²) < 4.78 is 0. The molecule has 0 aliphatic rings. The van der Waals surface area contributed by atoms with Crippen molar-refractivity contribution in [1.82, 2.24) is 15.3 Å². The van der Waals surface area contributed by atoms with Crippen molar-refractivity contribution in [2.24, 2.45) is 0 Å². The first-order valence-corrected chi connectivity index (χ1v) is 6.51. The highest BCUT2D eigenvalue weighted by molar-refractivity contribution is 5.97. The monoisotopic (exact) mass is 261 g/mol. The van der Waals surface area contributed by atoms with Gasteiger partial charge in [-0.3, -0.25) is 4.79 Å². The zero-order valence-electron chi connectivity index (χ0n) is 11.2. The molecule has 2 rings (SSSR count). The van der Waals surface area contributed by atoms with Crippen LogP contribution < -0.4 is 5.32 Å². The molecule has 0 fully saturated rings. The third-order valence-corrected chi connectivity index (χ3v) is 3.58. The summed E-state index contributed by atoms with van der Waals surface area (Å²) in [5.74, 6) is -0.183. The Morgan fingerprint density at radius 2 is 2.16 bits per heavy atom. The fourth-order valence-corrected chi connectivity index (χ4v) is 1.92. The van der Waals surface area contributed by atoms with E-state index in [1.165, 1.54) is 0 Å². The van der Waals surface area contributed by atoms with Gasteiger partial charge in [-0.15, -0.1) is 0 Å². The minimum absolute atomic E-state index is 0.183. The smallest absolute Gasteiger partial charge is 0.251 e. The first-order valence-electron chi connectivity index (χ1n) is 6.51. The van der Waals surface area contributed by atoms with Crippen molar-refractivity contribution in [1.29, 1.82) is 0 Å². The van der Waals surface area contributed by atoms with E-state index in [-0.39, 0.29) is 12.5 Å². The van der Waals surface area contributed by atoms with Gasteiger partial charge in [-0.1, -0.05) is 13.8 Å². The fraction of sp³-hybridized carbons (Fsp3) is 0.429. The third kappa shape index (κ3) is 2.93. The zero-order valence-corrected chi connectivity index (χ0v) is 11.2. The molecular formula is C14H19N3O2. The van der Waals surface area contributed by atoms with Gasteiger partial charge in [0, 0.05) is 12.1 Å². The molecule has 0 saturated heterocycles. The fourth-order valence-electron chi connectivity index (χ4n) is 1.92. The van der Waals surface area contributed by atoms with E-state index >= 15 is 0 Å². The molecule has 1 aromatic heterocycles. The largest absolute Gasteiger partial charge is 0.388 e. The van der Waals surface area contributed by atoms with Gasteiger partial charge in [-0.2, -0.15) is 0 Å². The minimum Gasteiger partial charge on any atom is -0.388 e. The summed E-state index contributed by atoms with van der Waals surface area (Å²) in [6.45, 7) is 4.08. The van der Waals surface area contributed by atoms with Crippen molar-refractivity contribution in [3.05, 3.63) is 30.1 Å². The highest BCUT2D eigenvalue weighted by atomic mass is 16.3. The number of fused-ring (bicyclic) bond motifs is 1. The van der Waals surface area contributed by atoms with Crippen molar-refractivity contribution in [3.63, 3.8) is 0 Å². The maximum absolute atomic E-state index is 12.0. The molecule has 1 heterocycles. The maximum Gasteiger partial charge on any atom is 0.251 e. The van der Waals surface area contributed by atoms with Crippen LogP contribution in [0.15, 0.2) is 24.5 Å². The second-order valence-corrected chi connectivity index (χ2v) is 4.75. The van der Waals surface area contributed by atoms with Gasteiger partial charge in [0.2, 0.25) is 0 Å². The summed E-state index contributed by atoms with van der Waals surface area (Å²) in [5, 5.41) is 12.9. The topological polar surface area (TPSA) is 78.0 Å². The number of H-pyrrole nitrogens is 1. The van der Waals surface area contributed by atoms with Gasteiger partial charge in [0.05, 0.1) is 23.0 Å². The van der Waals surface area contributed by atoms with Crippen LogP contribution in [0.1, 0.15) is 37.0 Å². The standard InChI is InChI=1S/C14H19N3O2/c1-3-14(19,4-2)8-15-13(18)10-5-6-11-12(7-10)17-9-16-11/h5-7,9,19H,3-4,8H2,1-2H3,(H,15,18)(H,16,17). The van der Waals surface area contributed by atoms with E-state index < -0.39 is 5.60 Å². The first kappa shape index (κ1) is 13.5. The molecule has 0 aliphatic carbocycles. The Hall–Kier alpha value is -1.88. The lowest BCUT2D eigenvalue weighted by atomic mass is 9.97. The number of nitrogens with one attached hydrogen (secondary N) is 2. The number of imidazole rings is 1. The van der Waals surface area contributed by atoms with Crippen LogP contribution in [0, 0.1) is 0 Å². The van der Waals surface area contributed by atoms with Crippen LogP contribution in [-0.2, 0) is 0 Å². The average molecular weight is 261 g/mol. The van der Waals surface area contributed by atoms with E-state index in [4.69, 9.17) is 0 Å². The Balaban J connectivity index is 2.07. The summed E-state index contributed by atoms with van der Waals surface area (Å²) in [4.78, 5) is 19.1. The molecule has 5 nitrogen and oxygen atoms in total. The lowest BCUT2D eigenvalue weighted by molar-refractivity contribution is 0.0314. The van der Waals surface area contributed by atoms with Crippen LogP contribution in [0.5, 0.6) is 0 Å². The molecule has 0 spiro atoms. The molecular weight excluding hydrogens is 242 g/mol. The Kier molecular flexibility index (Phi) is 3.85. The number of hydrogen-bond donors (Lipinski definition) is 3. The summed E-state index contributed by atoms with van der Waals surface area (Å²) in [7, 11) is 0. The predicted octanol–water partition coefficient (Wildman–Crippen LogP) is 1.84. The molecule has 1 aromatic carbocycles. The second-order valence-electron chi connectivity index (χ2n) is 4.75. The second kappa shape index (κ2) is 5.40. The number of aliphatic hydroxyl groups is 1. The molecule has 0 radical (unpaired) electrons. The molecule has 19 heavy (non-hydrogen) atoms.